The van der Waals surface area contributed by atoms with E-state index in [0.29, 0.717) is 17.1 Å². The molecule has 1 aliphatic heterocycles. The number of aromatic nitrogens is 2. The molecule has 1 aromatic heterocycles. The Morgan fingerprint density at radius 3 is 2.15 bits per heavy atom. The number of anilines is 1. The summed E-state index contributed by atoms with van der Waals surface area (Å²) in [5.74, 6) is -0.281. The molecular formula is C29H30F3N3O4. The van der Waals surface area contributed by atoms with E-state index < -0.39 is 23.4 Å². The fourth-order valence-electron chi connectivity index (χ4n) is 5.11. The number of nitrogens with zero attached hydrogens (tertiary/aromatic N) is 3. The number of alkyl halides is 3. The van der Waals surface area contributed by atoms with Crippen LogP contribution in [-0.2, 0) is 27.5 Å². The van der Waals surface area contributed by atoms with Crippen molar-refractivity contribution in [3.63, 3.8) is 0 Å². The molecule has 2 heterocycles. The molecule has 0 N–H and O–H groups in total. The van der Waals surface area contributed by atoms with Crippen LogP contribution in [0.5, 0.6) is 5.75 Å². The monoisotopic (exact) mass is 541 g/mol. The summed E-state index contributed by atoms with van der Waals surface area (Å²) < 4.78 is 53.3. The number of carbonyl (C=O) groups excluding carboxylic acids is 2. The average Bonchev–Trinajstić information content (AvgIpc) is 3.52. The van der Waals surface area contributed by atoms with Gasteiger partial charge in [0.05, 0.1) is 19.2 Å². The fourth-order valence-corrected chi connectivity index (χ4v) is 5.11. The van der Waals surface area contributed by atoms with Crippen molar-refractivity contribution >= 4 is 17.6 Å². The van der Waals surface area contributed by atoms with Crippen molar-refractivity contribution in [1.29, 1.82) is 0 Å². The van der Waals surface area contributed by atoms with Gasteiger partial charge in [0.25, 0.3) is 5.91 Å². The molecule has 7 nitrogen and oxygen atoms in total. The molecule has 0 atom stereocenters. The first-order chi connectivity index (χ1) is 18.3. The van der Waals surface area contributed by atoms with Crippen molar-refractivity contribution in [2.45, 2.75) is 63.6 Å². The highest BCUT2D eigenvalue weighted by Gasteiger charge is 2.47. The van der Waals surface area contributed by atoms with Gasteiger partial charge in [-0.1, -0.05) is 12.1 Å². The summed E-state index contributed by atoms with van der Waals surface area (Å²) in [5, 5.41) is 3.83. The zero-order valence-electron chi connectivity index (χ0n) is 22.3. The first-order valence-electron chi connectivity index (χ1n) is 12.8. The summed E-state index contributed by atoms with van der Waals surface area (Å²) in [4.78, 5) is 27.6. The minimum absolute atomic E-state index is 0.0103. The molecule has 10 heteroatoms. The molecule has 5 rings (SSSR count). The van der Waals surface area contributed by atoms with Crippen LogP contribution in [0.15, 0.2) is 48.5 Å². The maximum absolute atomic E-state index is 13.9. The largest absolute Gasteiger partial charge is 0.497 e. The number of hydrogen-bond donors (Lipinski definition) is 0. The van der Waals surface area contributed by atoms with Crippen LogP contribution in [0.1, 0.15) is 67.3 Å². The molecular weight excluding hydrogens is 511 g/mol. The molecule has 0 radical (unpaired) electrons. The fraction of sp³-hybridized carbons (Fsp3) is 0.414. The van der Waals surface area contributed by atoms with Crippen molar-refractivity contribution in [1.82, 2.24) is 9.78 Å². The summed E-state index contributed by atoms with van der Waals surface area (Å²) in [5.41, 5.74) is -0.232. The molecule has 1 aliphatic carbocycles. The number of esters is 1. The van der Waals surface area contributed by atoms with Gasteiger partial charge in [-0.25, -0.2) is 4.68 Å². The quantitative estimate of drug-likeness (QED) is 0.365. The van der Waals surface area contributed by atoms with Gasteiger partial charge in [0.1, 0.15) is 17.0 Å². The minimum atomic E-state index is -4.70. The van der Waals surface area contributed by atoms with Crippen LogP contribution < -0.4 is 9.64 Å². The van der Waals surface area contributed by atoms with Crippen LogP contribution in [0.3, 0.4) is 0 Å². The summed E-state index contributed by atoms with van der Waals surface area (Å²) in [7, 11) is 1.49. The summed E-state index contributed by atoms with van der Waals surface area (Å²) in [6.07, 6.45) is -2.69. The number of benzene rings is 2. The molecule has 39 heavy (non-hydrogen) atoms. The second-order valence-corrected chi connectivity index (χ2v) is 11.1. The lowest BCUT2D eigenvalue weighted by atomic mass is 9.92. The zero-order chi connectivity index (χ0) is 28.2. The Labute approximate surface area is 224 Å². The highest BCUT2D eigenvalue weighted by atomic mass is 19.4. The molecule has 1 saturated carbocycles. The van der Waals surface area contributed by atoms with Crippen molar-refractivity contribution in [3.8, 4) is 11.4 Å². The van der Waals surface area contributed by atoms with Crippen LogP contribution in [0.25, 0.3) is 5.69 Å². The lowest BCUT2D eigenvalue weighted by Gasteiger charge is -2.28. The molecule has 0 saturated heterocycles. The number of fused-ring (bicyclic) bond motifs is 1. The summed E-state index contributed by atoms with van der Waals surface area (Å²) in [6, 6.07) is 13.7. The van der Waals surface area contributed by atoms with Gasteiger partial charge >= 0.3 is 12.1 Å². The Balaban J connectivity index is 1.43. The van der Waals surface area contributed by atoms with Crippen molar-refractivity contribution in [2.75, 3.05) is 18.6 Å². The number of methoxy groups -OCH3 is 1. The molecule has 0 unspecified atom stereocenters. The van der Waals surface area contributed by atoms with Gasteiger partial charge in [0, 0.05) is 23.2 Å². The zero-order valence-corrected chi connectivity index (χ0v) is 22.3. The van der Waals surface area contributed by atoms with E-state index in [1.54, 1.807) is 36.4 Å². The van der Waals surface area contributed by atoms with E-state index in [1.165, 1.54) is 12.0 Å². The van der Waals surface area contributed by atoms with Crippen LogP contribution in [0, 0.1) is 0 Å². The van der Waals surface area contributed by atoms with Gasteiger partial charge in [0.15, 0.2) is 5.69 Å². The van der Waals surface area contributed by atoms with E-state index in [4.69, 9.17) is 9.47 Å². The van der Waals surface area contributed by atoms with E-state index in [9.17, 15) is 22.8 Å². The number of amides is 1. The topological polar surface area (TPSA) is 73.7 Å². The number of hydrogen-bond acceptors (Lipinski definition) is 5. The molecule has 2 aliphatic rings. The maximum atomic E-state index is 13.9. The second kappa shape index (κ2) is 9.43. The molecule has 3 aromatic rings. The lowest BCUT2D eigenvalue weighted by Crippen LogP contribution is -2.39. The third-order valence-electron chi connectivity index (χ3n) is 7.15. The SMILES string of the molecule is COc1ccc(-n2nc(C(F)(F)F)c3c2C(=O)N(c2ccc(C4(CC(=O)OC(C)(C)C)CC4)cc2)CC3)cc1. The minimum Gasteiger partial charge on any atom is -0.497 e. The Kier molecular flexibility index (Phi) is 6.47. The van der Waals surface area contributed by atoms with Gasteiger partial charge in [-0.05, 0) is 82.0 Å². The number of rotatable bonds is 6. The van der Waals surface area contributed by atoms with Crippen LogP contribution in [0.4, 0.5) is 18.9 Å². The summed E-state index contributed by atoms with van der Waals surface area (Å²) >= 11 is 0. The Morgan fingerprint density at radius 1 is 1.00 bits per heavy atom. The lowest BCUT2D eigenvalue weighted by molar-refractivity contribution is -0.155. The Hall–Kier alpha value is -3.82. The number of carbonyl (C=O) groups is 2. The normalized spacial score (nSPS) is 16.6. The first-order valence-corrected chi connectivity index (χ1v) is 12.8. The van der Waals surface area contributed by atoms with E-state index in [1.807, 2.05) is 32.9 Å². The van der Waals surface area contributed by atoms with Gasteiger partial charge < -0.3 is 14.4 Å². The number of halogens is 3. The van der Waals surface area contributed by atoms with E-state index in [2.05, 4.69) is 5.10 Å². The van der Waals surface area contributed by atoms with Crippen LogP contribution in [-0.4, -0.2) is 40.9 Å². The van der Waals surface area contributed by atoms with E-state index in [0.717, 1.165) is 23.1 Å². The molecule has 206 valence electrons. The predicted octanol–water partition coefficient (Wildman–Crippen LogP) is 5.87. The molecule has 0 spiro atoms. The molecule has 1 amide bonds. The van der Waals surface area contributed by atoms with Crippen LogP contribution in [0.2, 0.25) is 0 Å². The molecule has 1 fully saturated rings. The van der Waals surface area contributed by atoms with Gasteiger partial charge in [0.2, 0.25) is 0 Å². The summed E-state index contributed by atoms with van der Waals surface area (Å²) in [6.45, 7) is 5.58. The van der Waals surface area contributed by atoms with Crippen molar-refractivity contribution in [2.24, 2.45) is 0 Å². The van der Waals surface area contributed by atoms with E-state index >= 15 is 0 Å². The highest BCUT2D eigenvalue weighted by Crippen LogP contribution is 2.51. The second-order valence-electron chi connectivity index (χ2n) is 11.1. The Morgan fingerprint density at radius 2 is 1.62 bits per heavy atom. The smallest absolute Gasteiger partial charge is 0.435 e. The predicted molar refractivity (Wildman–Crippen MR) is 138 cm³/mol. The Bertz CT molecular complexity index is 1400. The van der Waals surface area contributed by atoms with Gasteiger partial charge in [-0.15, -0.1) is 0 Å². The third kappa shape index (κ3) is 5.24. The van der Waals surface area contributed by atoms with Gasteiger partial charge in [-0.2, -0.15) is 18.3 Å². The molecule has 2 aromatic carbocycles. The standard InChI is InChI=1S/C29H30F3N3O4/c1-27(2,3)39-23(36)17-28(14-15-28)18-5-7-19(8-6-18)34-16-13-22-24(26(34)37)35(33-25(22)29(30,31)32)20-9-11-21(38-4)12-10-20/h5-12H,13-17H2,1-4H3. The third-order valence-corrected chi connectivity index (χ3v) is 7.15. The molecule has 0 bridgehead atoms. The highest BCUT2D eigenvalue weighted by molar-refractivity contribution is 6.07. The first kappa shape index (κ1) is 26.8. The van der Waals surface area contributed by atoms with E-state index in [-0.39, 0.29) is 42.0 Å². The average molecular weight is 542 g/mol. The van der Waals surface area contributed by atoms with Gasteiger partial charge in [-0.3, -0.25) is 9.59 Å². The maximum Gasteiger partial charge on any atom is 0.435 e. The number of ether oxygens (including phenoxy) is 2. The van der Waals surface area contributed by atoms with Crippen molar-refractivity contribution < 1.29 is 32.2 Å². The van der Waals surface area contributed by atoms with Crippen molar-refractivity contribution in [3.05, 3.63) is 71.0 Å². The van der Waals surface area contributed by atoms with Crippen LogP contribution >= 0.6 is 0 Å².